The highest BCUT2D eigenvalue weighted by atomic mass is 79.9. The van der Waals surface area contributed by atoms with Gasteiger partial charge in [0.2, 0.25) is 0 Å². The summed E-state index contributed by atoms with van der Waals surface area (Å²) in [4.78, 5) is 14.4. The Hall–Kier alpha value is -0.350. The first-order chi connectivity index (χ1) is 8.60. The van der Waals surface area contributed by atoms with Crippen molar-refractivity contribution in [2.24, 2.45) is 5.92 Å². The van der Waals surface area contributed by atoms with Crippen LogP contribution >= 0.6 is 31.9 Å². The zero-order valence-corrected chi connectivity index (χ0v) is 13.6. The van der Waals surface area contributed by atoms with Gasteiger partial charge in [0, 0.05) is 28.5 Å². The van der Waals surface area contributed by atoms with Crippen LogP contribution in [0.1, 0.15) is 28.8 Å². The molecular formula is C14H17Br2NO. The molecule has 1 aliphatic heterocycles. The normalized spacial score (nSPS) is 19.9. The predicted molar refractivity (Wildman–Crippen MR) is 81.3 cm³/mol. The van der Waals surface area contributed by atoms with Crippen molar-refractivity contribution in [2.75, 3.05) is 18.4 Å². The Labute approximate surface area is 125 Å². The molecule has 1 amide bonds. The van der Waals surface area contributed by atoms with E-state index in [1.807, 2.05) is 30.0 Å². The first kappa shape index (κ1) is 14.1. The van der Waals surface area contributed by atoms with Gasteiger partial charge in [-0.3, -0.25) is 4.79 Å². The highest BCUT2D eigenvalue weighted by molar-refractivity contribution is 9.10. The van der Waals surface area contributed by atoms with Crippen LogP contribution in [-0.2, 0) is 0 Å². The maximum Gasteiger partial charge on any atom is 0.253 e. The molecule has 1 unspecified atom stereocenters. The third-order valence-corrected chi connectivity index (χ3v) is 4.69. The van der Waals surface area contributed by atoms with Crippen molar-refractivity contribution in [2.45, 2.75) is 19.8 Å². The minimum Gasteiger partial charge on any atom is -0.338 e. The first-order valence-electron chi connectivity index (χ1n) is 6.22. The number of piperidine rings is 1. The molecule has 98 valence electrons. The topological polar surface area (TPSA) is 20.3 Å². The van der Waals surface area contributed by atoms with Crippen molar-refractivity contribution in [1.29, 1.82) is 0 Å². The lowest BCUT2D eigenvalue weighted by atomic mass is 9.99. The molecule has 0 aliphatic carbocycles. The molecule has 2 nitrogen and oxygen atoms in total. The molecule has 1 aromatic rings. The van der Waals surface area contributed by atoms with E-state index in [-0.39, 0.29) is 5.91 Å². The molecule has 1 saturated heterocycles. The van der Waals surface area contributed by atoms with Gasteiger partial charge in [0.25, 0.3) is 5.91 Å². The summed E-state index contributed by atoms with van der Waals surface area (Å²) in [6.07, 6.45) is 2.32. The molecule has 1 fully saturated rings. The van der Waals surface area contributed by atoms with Gasteiger partial charge >= 0.3 is 0 Å². The molecule has 2 rings (SSSR count). The summed E-state index contributed by atoms with van der Waals surface area (Å²) in [5, 5.41) is 0.980. The van der Waals surface area contributed by atoms with E-state index in [1.165, 1.54) is 6.42 Å². The van der Waals surface area contributed by atoms with Gasteiger partial charge in [-0.2, -0.15) is 0 Å². The SMILES string of the molecule is Cc1cc(Br)cc(C(=O)N2CCCC(CBr)C2)c1. The van der Waals surface area contributed by atoms with E-state index < -0.39 is 0 Å². The van der Waals surface area contributed by atoms with Gasteiger partial charge < -0.3 is 4.90 Å². The Bertz CT molecular complexity index is 427. The zero-order chi connectivity index (χ0) is 13.1. The molecule has 4 heteroatoms. The van der Waals surface area contributed by atoms with Crippen LogP contribution in [0.3, 0.4) is 0 Å². The average molecular weight is 375 g/mol. The maximum atomic E-state index is 12.5. The van der Waals surface area contributed by atoms with Gasteiger partial charge in [0.1, 0.15) is 0 Å². The minimum atomic E-state index is 0.157. The number of aryl methyl sites for hydroxylation is 1. The smallest absolute Gasteiger partial charge is 0.253 e. The molecule has 0 bridgehead atoms. The standard InChI is InChI=1S/C14H17Br2NO/c1-10-5-12(7-13(16)6-10)14(18)17-4-2-3-11(8-15)9-17/h5-7,11H,2-4,8-9H2,1H3. The Morgan fingerprint density at radius 1 is 1.44 bits per heavy atom. The van der Waals surface area contributed by atoms with E-state index in [4.69, 9.17) is 0 Å². The highest BCUT2D eigenvalue weighted by Crippen LogP contribution is 2.22. The van der Waals surface area contributed by atoms with E-state index in [2.05, 4.69) is 31.9 Å². The van der Waals surface area contributed by atoms with Crippen molar-refractivity contribution < 1.29 is 4.79 Å². The number of nitrogens with zero attached hydrogens (tertiary/aromatic N) is 1. The number of carbonyl (C=O) groups excluding carboxylic acids is 1. The number of hydrogen-bond donors (Lipinski definition) is 0. The van der Waals surface area contributed by atoms with Crippen LogP contribution in [-0.4, -0.2) is 29.2 Å². The number of alkyl halides is 1. The van der Waals surface area contributed by atoms with E-state index in [9.17, 15) is 4.79 Å². The summed E-state index contributed by atoms with van der Waals surface area (Å²) in [6, 6.07) is 5.90. The summed E-state index contributed by atoms with van der Waals surface area (Å²) >= 11 is 6.97. The van der Waals surface area contributed by atoms with Gasteiger partial charge in [-0.05, 0) is 49.4 Å². The second-order valence-corrected chi connectivity index (χ2v) is 6.49. The number of hydrogen-bond acceptors (Lipinski definition) is 1. The van der Waals surface area contributed by atoms with Crippen LogP contribution in [0, 0.1) is 12.8 Å². The fraction of sp³-hybridized carbons (Fsp3) is 0.500. The lowest BCUT2D eigenvalue weighted by Gasteiger charge is -2.32. The van der Waals surface area contributed by atoms with Crippen molar-refractivity contribution in [3.63, 3.8) is 0 Å². The van der Waals surface area contributed by atoms with E-state index in [1.54, 1.807) is 0 Å². The molecule has 0 N–H and O–H groups in total. The van der Waals surface area contributed by atoms with Gasteiger partial charge in [-0.15, -0.1) is 0 Å². The van der Waals surface area contributed by atoms with Crippen LogP contribution in [0.4, 0.5) is 0 Å². The summed E-state index contributed by atoms with van der Waals surface area (Å²) in [5.41, 5.74) is 1.90. The lowest BCUT2D eigenvalue weighted by molar-refractivity contribution is 0.0686. The Balaban J connectivity index is 2.15. The molecular weight excluding hydrogens is 358 g/mol. The van der Waals surface area contributed by atoms with Crippen LogP contribution in [0.5, 0.6) is 0 Å². The van der Waals surface area contributed by atoms with Crippen LogP contribution in [0.15, 0.2) is 22.7 Å². The average Bonchev–Trinajstić information content (AvgIpc) is 2.37. The largest absolute Gasteiger partial charge is 0.338 e. The number of amides is 1. The molecule has 0 aromatic heterocycles. The van der Waals surface area contributed by atoms with Gasteiger partial charge in [-0.25, -0.2) is 0 Å². The number of benzene rings is 1. The number of halogens is 2. The van der Waals surface area contributed by atoms with E-state index in [0.29, 0.717) is 5.92 Å². The highest BCUT2D eigenvalue weighted by Gasteiger charge is 2.23. The third-order valence-electron chi connectivity index (χ3n) is 3.31. The van der Waals surface area contributed by atoms with Crippen molar-refractivity contribution in [3.05, 3.63) is 33.8 Å². The van der Waals surface area contributed by atoms with Crippen molar-refractivity contribution >= 4 is 37.8 Å². The van der Waals surface area contributed by atoms with Crippen molar-refractivity contribution in [3.8, 4) is 0 Å². The fourth-order valence-electron chi connectivity index (χ4n) is 2.42. The van der Waals surface area contributed by atoms with Crippen LogP contribution < -0.4 is 0 Å². The third kappa shape index (κ3) is 3.35. The maximum absolute atomic E-state index is 12.5. The quantitative estimate of drug-likeness (QED) is 0.716. The molecule has 0 spiro atoms. The number of carbonyl (C=O) groups is 1. The summed E-state index contributed by atoms with van der Waals surface area (Å²) in [6.45, 7) is 3.77. The lowest BCUT2D eigenvalue weighted by Crippen LogP contribution is -2.40. The Morgan fingerprint density at radius 3 is 2.89 bits per heavy atom. The second kappa shape index (κ2) is 6.20. The predicted octanol–water partition coefficient (Wildman–Crippen LogP) is 4.00. The molecule has 0 saturated carbocycles. The van der Waals surface area contributed by atoms with Gasteiger partial charge in [0.05, 0.1) is 0 Å². The molecule has 1 aliphatic rings. The molecule has 0 radical (unpaired) electrons. The Kier molecular flexibility index (Phi) is 4.84. The molecule has 1 aromatic carbocycles. The van der Waals surface area contributed by atoms with Gasteiger partial charge in [-0.1, -0.05) is 31.9 Å². The molecule has 18 heavy (non-hydrogen) atoms. The fourth-order valence-corrected chi connectivity index (χ4v) is 3.55. The molecule has 1 atom stereocenters. The van der Waals surface area contributed by atoms with Gasteiger partial charge in [0.15, 0.2) is 0 Å². The Morgan fingerprint density at radius 2 is 2.22 bits per heavy atom. The number of likely N-dealkylation sites (tertiary alicyclic amines) is 1. The summed E-state index contributed by atoms with van der Waals surface area (Å²) in [5.74, 6) is 0.751. The summed E-state index contributed by atoms with van der Waals surface area (Å²) in [7, 11) is 0. The van der Waals surface area contributed by atoms with Crippen LogP contribution in [0.25, 0.3) is 0 Å². The monoisotopic (exact) mass is 373 g/mol. The van der Waals surface area contributed by atoms with E-state index in [0.717, 1.165) is 40.4 Å². The number of rotatable bonds is 2. The summed E-state index contributed by atoms with van der Waals surface area (Å²) < 4.78 is 0.972. The minimum absolute atomic E-state index is 0.157. The zero-order valence-electron chi connectivity index (χ0n) is 10.5. The first-order valence-corrected chi connectivity index (χ1v) is 8.14. The second-order valence-electron chi connectivity index (χ2n) is 4.93. The van der Waals surface area contributed by atoms with Crippen LogP contribution in [0.2, 0.25) is 0 Å². The van der Waals surface area contributed by atoms with Crippen molar-refractivity contribution in [1.82, 2.24) is 4.90 Å². The molecule has 1 heterocycles. The van der Waals surface area contributed by atoms with E-state index >= 15 is 0 Å².